The molecule has 0 aliphatic carbocycles. The first kappa shape index (κ1) is 22.8. The summed E-state index contributed by atoms with van der Waals surface area (Å²) < 4.78 is 5.71. The van der Waals surface area contributed by atoms with Crippen LogP contribution in [0.4, 0.5) is 0 Å². The Kier molecular flexibility index (Phi) is 7.03. The van der Waals surface area contributed by atoms with Crippen molar-refractivity contribution in [2.75, 3.05) is 27.2 Å². The third-order valence-corrected chi connectivity index (χ3v) is 5.27. The van der Waals surface area contributed by atoms with Crippen molar-refractivity contribution in [2.45, 2.75) is 26.0 Å². The summed E-state index contributed by atoms with van der Waals surface area (Å²) in [6, 6.07) is 13.1. The molecular formula is C24H27ClN2O4. The quantitative estimate of drug-likeness (QED) is 0.397. The second-order valence-corrected chi connectivity index (χ2v) is 8.47. The number of likely N-dealkylation sites (tertiary alicyclic amines) is 1. The molecule has 2 aromatic rings. The van der Waals surface area contributed by atoms with Crippen LogP contribution in [0, 0.1) is 0 Å². The minimum Gasteiger partial charge on any atom is -0.507 e. The molecule has 0 aromatic heterocycles. The summed E-state index contributed by atoms with van der Waals surface area (Å²) in [7, 11) is 3.80. The molecule has 1 amide bonds. The molecule has 0 radical (unpaired) electrons. The highest BCUT2D eigenvalue weighted by Gasteiger charge is 2.45. The van der Waals surface area contributed by atoms with Gasteiger partial charge in [0.1, 0.15) is 11.5 Å². The maximum atomic E-state index is 13.0. The zero-order valence-electron chi connectivity index (χ0n) is 18.1. The maximum Gasteiger partial charge on any atom is 0.295 e. The van der Waals surface area contributed by atoms with Crippen LogP contribution in [0.5, 0.6) is 5.75 Å². The van der Waals surface area contributed by atoms with Gasteiger partial charge < -0.3 is 19.6 Å². The fraction of sp³-hybridized carbons (Fsp3) is 0.333. The first-order chi connectivity index (χ1) is 14.7. The van der Waals surface area contributed by atoms with Gasteiger partial charge in [-0.2, -0.15) is 0 Å². The molecule has 164 valence electrons. The highest BCUT2D eigenvalue weighted by Crippen LogP contribution is 2.39. The lowest BCUT2D eigenvalue weighted by atomic mass is 9.95. The molecule has 1 N–H and O–H groups in total. The smallest absolute Gasteiger partial charge is 0.295 e. The first-order valence-electron chi connectivity index (χ1n) is 10.1. The molecule has 1 fully saturated rings. The molecule has 1 saturated heterocycles. The summed E-state index contributed by atoms with van der Waals surface area (Å²) in [5.41, 5.74) is 1.23. The van der Waals surface area contributed by atoms with Gasteiger partial charge in [-0.3, -0.25) is 9.59 Å². The summed E-state index contributed by atoms with van der Waals surface area (Å²) in [5.74, 6) is -0.833. The van der Waals surface area contributed by atoms with E-state index in [1.807, 2.05) is 57.1 Å². The Morgan fingerprint density at radius 3 is 2.26 bits per heavy atom. The number of carbonyl (C=O) groups excluding carboxylic acids is 2. The van der Waals surface area contributed by atoms with Crippen LogP contribution in [0.25, 0.3) is 5.76 Å². The summed E-state index contributed by atoms with van der Waals surface area (Å²) >= 11 is 5.95. The van der Waals surface area contributed by atoms with E-state index in [1.165, 1.54) is 4.90 Å². The molecule has 0 unspecified atom stereocenters. The van der Waals surface area contributed by atoms with Crippen molar-refractivity contribution in [1.82, 2.24) is 9.80 Å². The summed E-state index contributed by atoms with van der Waals surface area (Å²) in [6.45, 7) is 4.81. The number of carbonyl (C=O) groups is 2. The third kappa shape index (κ3) is 5.09. The average molecular weight is 443 g/mol. The second-order valence-electron chi connectivity index (χ2n) is 8.04. The minimum absolute atomic E-state index is 0.0291. The normalized spacial score (nSPS) is 18.3. The Morgan fingerprint density at radius 1 is 1.10 bits per heavy atom. The molecule has 7 heteroatoms. The standard InChI is InChI=1S/C24H27ClN2O4/c1-15(2)31-19-11-7-16(8-12-19)21-20(22(28)17-5-9-18(25)10-6-17)23(29)24(30)27(21)14-13-26(3)4/h5-12,15,21,28H,13-14H2,1-4H3/b22-20+/t21-/m0/s1. The molecule has 1 aliphatic heterocycles. The number of ketones is 1. The van der Waals surface area contributed by atoms with E-state index >= 15 is 0 Å². The Balaban J connectivity index is 2.08. The van der Waals surface area contributed by atoms with Crippen molar-refractivity contribution in [3.05, 3.63) is 70.3 Å². The van der Waals surface area contributed by atoms with E-state index < -0.39 is 17.7 Å². The Labute approximate surface area is 187 Å². The van der Waals surface area contributed by atoms with Crippen molar-refractivity contribution < 1.29 is 19.4 Å². The van der Waals surface area contributed by atoms with E-state index in [0.29, 0.717) is 29.4 Å². The van der Waals surface area contributed by atoms with Gasteiger partial charge >= 0.3 is 0 Å². The number of likely N-dealkylation sites (N-methyl/N-ethyl adjacent to an activating group) is 1. The molecule has 1 atom stereocenters. The fourth-order valence-corrected chi connectivity index (χ4v) is 3.66. The summed E-state index contributed by atoms with van der Waals surface area (Å²) in [6.07, 6.45) is 0.0291. The van der Waals surface area contributed by atoms with Gasteiger partial charge in [0.15, 0.2) is 0 Å². The largest absolute Gasteiger partial charge is 0.507 e. The van der Waals surface area contributed by atoms with Gasteiger partial charge in [0.25, 0.3) is 11.7 Å². The number of aliphatic hydroxyl groups is 1. The van der Waals surface area contributed by atoms with Crippen LogP contribution >= 0.6 is 11.6 Å². The molecule has 1 heterocycles. The molecule has 3 rings (SSSR count). The van der Waals surface area contributed by atoms with Gasteiger partial charge in [0.2, 0.25) is 0 Å². The van der Waals surface area contributed by atoms with E-state index in [9.17, 15) is 14.7 Å². The average Bonchev–Trinajstić information content (AvgIpc) is 2.97. The van der Waals surface area contributed by atoms with E-state index in [-0.39, 0.29) is 17.4 Å². The van der Waals surface area contributed by atoms with Crippen LogP contribution in [0.1, 0.15) is 31.0 Å². The third-order valence-electron chi connectivity index (χ3n) is 5.01. The van der Waals surface area contributed by atoms with Crippen LogP contribution in [0.2, 0.25) is 5.02 Å². The first-order valence-corrected chi connectivity index (χ1v) is 10.5. The predicted octanol–water partition coefficient (Wildman–Crippen LogP) is 4.11. The van der Waals surface area contributed by atoms with Crippen molar-refractivity contribution in [1.29, 1.82) is 0 Å². The predicted molar refractivity (Wildman–Crippen MR) is 121 cm³/mol. The second kappa shape index (κ2) is 9.54. The lowest BCUT2D eigenvalue weighted by Gasteiger charge is -2.26. The number of nitrogens with zero attached hydrogens (tertiary/aromatic N) is 2. The molecule has 31 heavy (non-hydrogen) atoms. The zero-order valence-corrected chi connectivity index (χ0v) is 18.9. The molecule has 0 spiro atoms. The Hall–Kier alpha value is -2.83. The van der Waals surface area contributed by atoms with Gasteiger partial charge in [-0.15, -0.1) is 0 Å². The van der Waals surface area contributed by atoms with Gasteiger partial charge in [0, 0.05) is 23.7 Å². The maximum absolute atomic E-state index is 13.0. The number of Topliss-reactive ketones (excluding diaryl/α,β-unsaturated/α-hetero) is 1. The highest BCUT2D eigenvalue weighted by atomic mass is 35.5. The highest BCUT2D eigenvalue weighted by molar-refractivity contribution is 6.46. The zero-order chi connectivity index (χ0) is 22.7. The van der Waals surface area contributed by atoms with E-state index in [0.717, 1.165) is 5.56 Å². The van der Waals surface area contributed by atoms with Gasteiger partial charge in [-0.05, 0) is 69.9 Å². The molecule has 1 aliphatic rings. The number of ether oxygens (including phenoxy) is 1. The topological polar surface area (TPSA) is 70.1 Å². The molecule has 0 saturated carbocycles. The number of aliphatic hydroxyl groups excluding tert-OH is 1. The van der Waals surface area contributed by atoms with Crippen LogP contribution in [-0.2, 0) is 9.59 Å². The van der Waals surface area contributed by atoms with E-state index in [4.69, 9.17) is 16.3 Å². The van der Waals surface area contributed by atoms with Crippen LogP contribution in [0.3, 0.4) is 0 Å². The molecule has 2 aromatic carbocycles. The van der Waals surface area contributed by atoms with Gasteiger partial charge in [0.05, 0.1) is 17.7 Å². The lowest BCUT2D eigenvalue weighted by molar-refractivity contribution is -0.140. The summed E-state index contributed by atoms with van der Waals surface area (Å²) in [4.78, 5) is 29.3. The number of amides is 1. The van der Waals surface area contributed by atoms with Crippen molar-refractivity contribution >= 4 is 29.1 Å². The van der Waals surface area contributed by atoms with Crippen molar-refractivity contribution in [2.24, 2.45) is 0 Å². The Morgan fingerprint density at radius 2 is 1.71 bits per heavy atom. The lowest BCUT2D eigenvalue weighted by Crippen LogP contribution is -2.35. The van der Waals surface area contributed by atoms with Crippen LogP contribution < -0.4 is 4.74 Å². The molecule has 0 bridgehead atoms. The fourth-order valence-electron chi connectivity index (χ4n) is 3.53. The number of hydrogen-bond acceptors (Lipinski definition) is 5. The number of benzene rings is 2. The van der Waals surface area contributed by atoms with E-state index in [1.54, 1.807) is 24.3 Å². The monoisotopic (exact) mass is 442 g/mol. The summed E-state index contributed by atoms with van der Waals surface area (Å²) in [5, 5.41) is 11.5. The number of hydrogen-bond donors (Lipinski definition) is 1. The minimum atomic E-state index is -0.696. The van der Waals surface area contributed by atoms with Crippen molar-refractivity contribution in [3.8, 4) is 5.75 Å². The Bertz CT molecular complexity index is 982. The molecular weight excluding hydrogens is 416 g/mol. The van der Waals surface area contributed by atoms with Gasteiger partial charge in [-0.25, -0.2) is 0 Å². The van der Waals surface area contributed by atoms with Crippen LogP contribution in [-0.4, -0.2) is 59.9 Å². The number of rotatable bonds is 7. The number of halogens is 1. The molecule has 6 nitrogen and oxygen atoms in total. The van der Waals surface area contributed by atoms with Crippen LogP contribution in [0.15, 0.2) is 54.1 Å². The van der Waals surface area contributed by atoms with Crippen molar-refractivity contribution in [3.63, 3.8) is 0 Å². The SMILES string of the molecule is CC(C)Oc1ccc([C@H]2/C(=C(\O)c3ccc(Cl)cc3)C(=O)C(=O)N2CCN(C)C)cc1. The van der Waals surface area contributed by atoms with E-state index in [2.05, 4.69) is 0 Å². The van der Waals surface area contributed by atoms with Gasteiger partial charge in [-0.1, -0.05) is 23.7 Å².